The molecule has 0 aliphatic rings. The number of fused-ring (bicyclic) bond motifs is 5. The molecule has 220 valence electrons. The van der Waals surface area contributed by atoms with Crippen LogP contribution in [-0.2, 0) is 0 Å². The molecule has 0 aliphatic carbocycles. The molecule has 9 rings (SSSR count). The maximum Gasteiger partial charge on any atom is 0.162 e. The van der Waals surface area contributed by atoms with Gasteiger partial charge in [0.25, 0.3) is 0 Å². The second-order valence-electron chi connectivity index (χ2n) is 11.5. The molecule has 0 bridgehead atoms. The van der Waals surface area contributed by atoms with Crippen LogP contribution in [0.15, 0.2) is 162 Å². The van der Waals surface area contributed by atoms with Crippen molar-refractivity contribution in [3.05, 3.63) is 158 Å². The van der Waals surface area contributed by atoms with Crippen LogP contribution in [0.1, 0.15) is 0 Å². The fraction of sp³-hybridized carbons (Fsp3) is 0. The third-order valence-corrected chi connectivity index (χ3v) is 8.57. The number of para-hydroxylation sites is 1. The minimum atomic E-state index is 0.800. The van der Waals surface area contributed by atoms with Gasteiger partial charge in [-0.15, -0.1) is 0 Å². The topological polar surface area (TPSA) is 64.7 Å². The predicted molar refractivity (Wildman–Crippen MR) is 190 cm³/mol. The standard InChI is InChI=1S/C42H26N4O/c1-2-11-27(12-3-1)41-42-40(33-15-4-5-18-39(33)47-42)32-20-19-30(24-36(32)46-41)28-13-10-14-29(23-28)31-25-37(34-16-6-8-21-43-34)45-38(26-31)35-17-7-9-22-44-35/h1-26H. The number of benzene rings is 4. The molecular weight excluding hydrogens is 576 g/mol. The fourth-order valence-electron chi connectivity index (χ4n) is 6.32. The largest absolute Gasteiger partial charge is 0.454 e. The van der Waals surface area contributed by atoms with E-state index in [0.29, 0.717) is 0 Å². The number of hydrogen-bond acceptors (Lipinski definition) is 5. The van der Waals surface area contributed by atoms with Crippen molar-refractivity contribution >= 4 is 32.8 Å². The van der Waals surface area contributed by atoms with Crippen LogP contribution in [0.3, 0.4) is 0 Å². The highest BCUT2D eigenvalue weighted by atomic mass is 16.3. The summed E-state index contributed by atoms with van der Waals surface area (Å²) in [7, 11) is 0. The predicted octanol–water partition coefficient (Wildman–Crippen LogP) is 10.7. The Kier molecular flexibility index (Phi) is 6.39. The van der Waals surface area contributed by atoms with Gasteiger partial charge in [0.05, 0.1) is 28.3 Å². The minimum Gasteiger partial charge on any atom is -0.454 e. The second kappa shape index (κ2) is 11.2. The first-order valence-corrected chi connectivity index (χ1v) is 15.5. The molecule has 5 heterocycles. The van der Waals surface area contributed by atoms with Gasteiger partial charge in [0.15, 0.2) is 5.58 Å². The number of hydrogen-bond donors (Lipinski definition) is 0. The zero-order valence-electron chi connectivity index (χ0n) is 25.2. The van der Waals surface area contributed by atoms with Crippen molar-refractivity contribution in [2.75, 3.05) is 0 Å². The lowest BCUT2D eigenvalue weighted by atomic mass is 9.96. The number of pyridine rings is 4. The highest BCUT2D eigenvalue weighted by molar-refractivity contribution is 6.21. The molecular formula is C42H26N4O. The molecule has 0 amide bonds. The van der Waals surface area contributed by atoms with E-state index in [-0.39, 0.29) is 0 Å². The van der Waals surface area contributed by atoms with Crippen LogP contribution >= 0.6 is 0 Å². The highest BCUT2D eigenvalue weighted by Gasteiger charge is 2.18. The van der Waals surface area contributed by atoms with E-state index in [1.54, 1.807) is 12.4 Å². The zero-order valence-corrected chi connectivity index (χ0v) is 25.2. The first-order valence-electron chi connectivity index (χ1n) is 15.5. The third kappa shape index (κ3) is 4.82. The van der Waals surface area contributed by atoms with Crippen LogP contribution in [0.2, 0.25) is 0 Å². The lowest BCUT2D eigenvalue weighted by Crippen LogP contribution is -1.94. The van der Waals surface area contributed by atoms with Crippen LogP contribution in [-0.4, -0.2) is 19.9 Å². The van der Waals surface area contributed by atoms with E-state index in [9.17, 15) is 0 Å². The van der Waals surface area contributed by atoms with Gasteiger partial charge in [-0.25, -0.2) is 9.97 Å². The van der Waals surface area contributed by atoms with Crippen LogP contribution in [0.4, 0.5) is 0 Å². The molecule has 0 spiro atoms. The minimum absolute atomic E-state index is 0.800. The molecule has 4 aromatic carbocycles. The average Bonchev–Trinajstić information content (AvgIpc) is 3.55. The third-order valence-electron chi connectivity index (χ3n) is 8.57. The fourth-order valence-corrected chi connectivity index (χ4v) is 6.32. The number of nitrogens with zero attached hydrogens (tertiary/aromatic N) is 4. The van der Waals surface area contributed by atoms with E-state index >= 15 is 0 Å². The molecule has 0 aliphatic heterocycles. The summed E-state index contributed by atoms with van der Waals surface area (Å²) in [6.07, 6.45) is 3.59. The molecule has 0 saturated heterocycles. The van der Waals surface area contributed by atoms with E-state index in [1.807, 2.05) is 66.7 Å². The van der Waals surface area contributed by atoms with Gasteiger partial charge >= 0.3 is 0 Å². The monoisotopic (exact) mass is 602 g/mol. The van der Waals surface area contributed by atoms with E-state index in [1.165, 1.54) is 0 Å². The SMILES string of the molecule is c1ccc(-c2nc3cc(-c4cccc(-c5cc(-c6ccccn6)nc(-c6ccccn6)c5)c4)ccc3c3c2oc2ccccc23)cc1. The number of aromatic nitrogens is 4. The Morgan fingerprint density at radius 1 is 0.404 bits per heavy atom. The van der Waals surface area contributed by atoms with Gasteiger partial charge in [0.2, 0.25) is 0 Å². The molecule has 9 aromatic rings. The molecule has 5 heteroatoms. The van der Waals surface area contributed by atoms with Crippen molar-refractivity contribution in [1.82, 2.24) is 19.9 Å². The molecule has 0 unspecified atom stereocenters. The lowest BCUT2D eigenvalue weighted by Gasteiger charge is -2.11. The Labute approximate surface area is 270 Å². The Morgan fingerprint density at radius 2 is 1.04 bits per heavy atom. The lowest BCUT2D eigenvalue weighted by molar-refractivity contribution is 0.669. The quantitative estimate of drug-likeness (QED) is 0.196. The van der Waals surface area contributed by atoms with E-state index < -0.39 is 0 Å². The maximum absolute atomic E-state index is 6.43. The van der Waals surface area contributed by atoms with Gasteiger partial charge in [-0.3, -0.25) is 9.97 Å². The molecule has 0 fully saturated rings. The average molecular weight is 603 g/mol. The summed E-state index contributed by atoms with van der Waals surface area (Å²) in [6, 6.07) is 49.6. The van der Waals surface area contributed by atoms with Crippen molar-refractivity contribution in [3.63, 3.8) is 0 Å². The Morgan fingerprint density at radius 3 is 1.77 bits per heavy atom. The van der Waals surface area contributed by atoms with Crippen molar-refractivity contribution in [2.24, 2.45) is 0 Å². The Hall–Kier alpha value is -6.46. The first kappa shape index (κ1) is 26.9. The van der Waals surface area contributed by atoms with Crippen molar-refractivity contribution in [3.8, 4) is 56.3 Å². The molecule has 0 atom stereocenters. The number of rotatable bonds is 5. The normalized spacial score (nSPS) is 11.4. The van der Waals surface area contributed by atoms with E-state index in [2.05, 4.69) is 88.8 Å². The molecule has 0 radical (unpaired) electrons. The van der Waals surface area contributed by atoms with E-state index in [4.69, 9.17) is 14.4 Å². The molecule has 47 heavy (non-hydrogen) atoms. The summed E-state index contributed by atoms with van der Waals surface area (Å²) in [5.74, 6) is 0. The van der Waals surface area contributed by atoms with Crippen LogP contribution in [0, 0.1) is 0 Å². The van der Waals surface area contributed by atoms with Gasteiger partial charge in [-0.1, -0.05) is 91.0 Å². The summed E-state index contributed by atoms with van der Waals surface area (Å²) >= 11 is 0. The zero-order chi connectivity index (χ0) is 31.2. The smallest absolute Gasteiger partial charge is 0.162 e. The summed E-state index contributed by atoms with van der Waals surface area (Å²) < 4.78 is 6.43. The molecule has 5 nitrogen and oxygen atoms in total. The molecule has 0 N–H and O–H groups in total. The van der Waals surface area contributed by atoms with Crippen LogP contribution in [0.25, 0.3) is 89.1 Å². The van der Waals surface area contributed by atoms with Crippen molar-refractivity contribution in [2.45, 2.75) is 0 Å². The first-order chi connectivity index (χ1) is 23.3. The van der Waals surface area contributed by atoms with Crippen molar-refractivity contribution < 1.29 is 4.42 Å². The summed E-state index contributed by atoms with van der Waals surface area (Å²) in [5.41, 5.74) is 12.0. The van der Waals surface area contributed by atoms with Crippen molar-refractivity contribution in [1.29, 1.82) is 0 Å². The maximum atomic E-state index is 6.43. The Bertz CT molecular complexity index is 2500. The summed E-state index contributed by atoms with van der Waals surface area (Å²) in [4.78, 5) is 19.3. The van der Waals surface area contributed by atoms with Gasteiger partial charge in [0, 0.05) is 34.1 Å². The summed E-state index contributed by atoms with van der Waals surface area (Å²) in [5, 5.41) is 3.25. The van der Waals surface area contributed by atoms with Crippen LogP contribution in [0.5, 0.6) is 0 Å². The number of furan rings is 1. The van der Waals surface area contributed by atoms with E-state index in [0.717, 1.165) is 89.1 Å². The molecule has 5 aromatic heterocycles. The Balaban J connectivity index is 1.20. The molecule has 0 saturated carbocycles. The van der Waals surface area contributed by atoms with Gasteiger partial charge in [0.1, 0.15) is 11.3 Å². The summed E-state index contributed by atoms with van der Waals surface area (Å²) in [6.45, 7) is 0. The van der Waals surface area contributed by atoms with Gasteiger partial charge in [-0.2, -0.15) is 0 Å². The highest BCUT2D eigenvalue weighted by Crippen LogP contribution is 2.40. The second-order valence-corrected chi connectivity index (χ2v) is 11.5. The van der Waals surface area contributed by atoms with Gasteiger partial charge in [-0.05, 0) is 76.9 Å². The van der Waals surface area contributed by atoms with Gasteiger partial charge < -0.3 is 4.42 Å². The van der Waals surface area contributed by atoms with Crippen LogP contribution < -0.4 is 0 Å².